The van der Waals surface area contributed by atoms with E-state index in [1.807, 2.05) is 24.3 Å². The van der Waals surface area contributed by atoms with Crippen LogP contribution in [0.1, 0.15) is 26.5 Å². The zero-order valence-corrected chi connectivity index (χ0v) is 16.6. The molecule has 0 bridgehead atoms. The molecule has 0 atom stereocenters. The summed E-state index contributed by atoms with van der Waals surface area (Å²) in [7, 11) is 3.21. The number of aromatic amines is 1. The maximum atomic E-state index is 5.38. The molecular weight excluding hydrogens is 364 g/mol. The fraction of sp³-hybridized carbons (Fsp3) is 0.333. The molecular formula is C18H20N6O2S. The Hall–Kier alpha value is -2.94. The number of rotatable bonds is 4. The molecule has 0 radical (unpaired) electrons. The number of fused-ring (bicyclic) bond motifs is 1. The zero-order valence-electron chi connectivity index (χ0n) is 15.8. The second kappa shape index (κ2) is 6.34. The summed E-state index contributed by atoms with van der Waals surface area (Å²) >= 11 is 1.45. The van der Waals surface area contributed by atoms with Crippen LogP contribution in [0, 0.1) is 0 Å². The second-order valence-corrected chi connectivity index (χ2v) is 8.07. The average molecular weight is 384 g/mol. The molecule has 9 heteroatoms. The molecule has 4 aromatic rings. The smallest absolute Gasteiger partial charge is 0.235 e. The summed E-state index contributed by atoms with van der Waals surface area (Å²) in [5.41, 5.74) is 2.70. The van der Waals surface area contributed by atoms with Crippen molar-refractivity contribution in [3.05, 3.63) is 30.0 Å². The number of H-pyrrole nitrogens is 1. The highest BCUT2D eigenvalue weighted by molar-refractivity contribution is 7.19. The van der Waals surface area contributed by atoms with Gasteiger partial charge >= 0.3 is 0 Å². The van der Waals surface area contributed by atoms with Crippen molar-refractivity contribution in [1.29, 1.82) is 0 Å². The summed E-state index contributed by atoms with van der Waals surface area (Å²) in [5.74, 6) is 1.93. The van der Waals surface area contributed by atoms with E-state index in [0.717, 1.165) is 22.0 Å². The molecule has 0 aliphatic rings. The minimum absolute atomic E-state index is 0.00494. The SMILES string of the molecule is COc1ccc(-c2nnc3sc(-c4cc(C(C)(C)C)[nH]n4)nn23)cc1OC. The van der Waals surface area contributed by atoms with Gasteiger partial charge in [-0.05, 0) is 24.3 Å². The van der Waals surface area contributed by atoms with Gasteiger partial charge in [0.1, 0.15) is 5.69 Å². The third-order valence-electron chi connectivity index (χ3n) is 4.24. The largest absolute Gasteiger partial charge is 0.493 e. The van der Waals surface area contributed by atoms with Crippen molar-refractivity contribution in [3.8, 4) is 33.6 Å². The van der Waals surface area contributed by atoms with E-state index in [-0.39, 0.29) is 5.41 Å². The van der Waals surface area contributed by atoms with E-state index >= 15 is 0 Å². The van der Waals surface area contributed by atoms with E-state index in [2.05, 4.69) is 46.3 Å². The number of hydrogen-bond donors (Lipinski definition) is 1. The second-order valence-electron chi connectivity index (χ2n) is 7.11. The first-order valence-electron chi connectivity index (χ1n) is 8.41. The van der Waals surface area contributed by atoms with E-state index in [0.29, 0.717) is 22.3 Å². The third-order valence-corrected chi connectivity index (χ3v) is 5.16. The van der Waals surface area contributed by atoms with Crippen LogP contribution in [0.25, 0.3) is 27.1 Å². The molecule has 0 spiro atoms. The lowest BCUT2D eigenvalue weighted by atomic mass is 9.92. The molecule has 140 valence electrons. The average Bonchev–Trinajstić information content (AvgIpc) is 3.35. The Balaban J connectivity index is 1.76. The Morgan fingerprint density at radius 2 is 1.81 bits per heavy atom. The van der Waals surface area contributed by atoms with E-state index in [1.54, 1.807) is 18.7 Å². The fourth-order valence-electron chi connectivity index (χ4n) is 2.69. The molecule has 3 heterocycles. The van der Waals surface area contributed by atoms with Crippen molar-refractivity contribution >= 4 is 16.3 Å². The number of ether oxygens (including phenoxy) is 2. The first kappa shape index (κ1) is 17.5. The van der Waals surface area contributed by atoms with Gasteiger partial charge in [0, 0.05) is 16.7 Å². The molecule has 0 saturated heterocycles. The van der Waals surface area contributed by atoms with Gasteiger partial charge < -0.3 is 9.47 Å². The van der Waals surface area contributed by atoms with Crippen LogP contribution in [0.3, 0.4) is 0 Å². The Kier molecular flexibility index (Phi) is 4.11. The number of nitrogens with one attached hydrogen (secondary N) is 1. The highest BCUT2D eigenvalue weighted by Gasteiger charge is 2.21. The topological polar surface area (TPSA) is 90.2 Å². The van der Waals surface area contributed by atoms with Gasteiger partial charge in [-0.2, -0.15) is 14.7 Å². The van der Waals surface area contributed by atoms with Crippen LogP contribution in [0.2, 0.25) is 0 Å². The molecule has 27 heavy (non-hydrogen) atoms. The molecule has 0 aliphatic carbocycles. The van der Waals surface area contributed by atoms with Crippen molar-refractivity contribution in [2.75, 3.05) is 14.2 Å². The first-order chi connectivity index (χ1) is 12.9. The third kappa shape index (κ3) is 3.03. The van der Waals surface area contributed by atoms with Gasteiger partial charge in [0.05, 0.1) is 14.2 Å². The predicted molar refractivity (Wildman–Crippen MR) is 103 cm³/mol. The minimum Gasteiger partial charge on any atom is -0.493 e. The van der Waals surface area contributed by atoms with Crippen LogP contribution >= 0.6 is 11.3 Å². The molecule has 4 rings (SSSR count). The summed E-state index contributed by atoms with van der Waals surface area (Å²) in [6.07, 6.45) is 0. The van der Waals surface area contributed by atoms with Crippen molar-refractivity contribution in [3.63, 3.8) is 0 Å². The summed E-state index contributed by atoms with van der Waals surface area (Å²) < 4.78 is 12.4. The summed E-state index contributed by atoms with van der Waals surface area (Å²) in [5, 5.41) is 21.5. The van der Waals surface area contributed by atoms with Crippen molar-refractivity contribution in [2.45, 2.75) is 26.2 Å². The lowest BCUT2D eigenvalue weighted by Crippen LogP contribution is -2.11. The molecule has 0 unspecified atom stereocenters. The van der Waals surface area contributed by atoms with E-state index in [1.165, 1.54) is 11.3 Å². The molecule has 0 saturated carbocycles. The van der Waals surface area contributed by atoms with Crippen molar-refractivity contribution in [2.24, 2.45) is 0 Å². The number of methoxy groups -OCH3 is 2. The van der Waals surface area contributed by atoms with Gasteiger partial charge in [-0.15, -0.1) is 10.2 Å². The maximum Gasteiger partial charge on any atom is 0.235 e. The highest BCUT2D eigenvalue weighted by Crippen LogP contribution is 2.33. The first-order valence-corrected chi connectivity index (χ1v) is 9.23. The number of benzene rings is 1. The van der Waals surface area contributed by atoms with Crippen molar-refractivity contribution < 1.29 is 9.47 Å². The molecule has 0 fully saturated rings. The van der Waals surface area contributed by atoms with Gasteiger partial charge in [-0.3, -0.25) is 5.10 Å². The lowest BCUT2D eigenvalue weighted by Gasteiger charge is -2.14. The van der Waals surface area contributed by atoms with Gasteiger partial charge in [0.2, 0.25) is 4.96 Å². The van der Waals surface area contributed by atoms with Crippen LogP contribution in [-0.2, 0) is 5.41 Å². The monoisotopic (exact) mass is 384 g/mol. The Bertz CT molecular complexity index is 1100. The highest BCUT2D eigenvalue weighted by atomic mass is 32.1. The van der Waals surface area contributed by atoms with E-state index in [9.17, 15) is 0 Å². The predicted octanol–water partition coefficient (Wildman–Crippen LogP) is 3.56. The Labute approximate surface area is 160 Å². The van der Waals surface area contributed by atoms with Crippen LogP contribution in [0.5, 0.6) is 11.5 Å². The van der Waals surface area contributed by atoms with Crippen molar-refractivity contribution in [1.82, 2.24) is 30.0 Å². The molecule has 0 aliphatic heterocycles. The number of nitrogens with zero attached hydrogens (tertiary/aromatic N) is 5. The molecule has 0 amide bonds. The summed E-state index contributed by atoms with van der Waals surface area (Å²) in [6.45, 7) is 6.41. The summed E-state index contributed by atoms with van der Waals surface area (Å²) in [6, 6.07) is 7.64. The van der Waals surface area contributed by atoms with Gasteiger partial charge in [0.15, 0.2) is 22.3 Å². The van der Waals surface area contributed by atoms with E-state index < -0.39 is 0 Å². The quantitative estimate of drug-likeness (QED) is 0.579. The Morgan fingerprint density at radius 1 is 1.04 bits per heavy atom. The maximum absolute atomic E-state index is 5.38. The molecule has 1 N–H and O–H groups in total. The minimum atomic E-state index is -0.00494. The zero-order chi connectivity index (χ0) is 19.2. The fourth-order valence-corrected chi connectivity index (χ4v) is 3.49. The van der Waals surface area contributed by atoms with Gasteiger partial charge in [0.25, 0.3) is 0 Å². The van der Waals surface area contributed by atoms with E-state index in [4.69, 9.17) is 9.47 Å². The molecule has 8 nitrogen and oxygen atoms in total. The van der Waals surface area contributed by atoms with Gasteiger partial charge in [-0.1, -0.05) is 32.1 Å². The van der Waals surface area contributed by atoms with Crippen LogP contribution in [0.15, 0.2) is 24.3 Å². The Morgan fingerprint density at radius 3 is 2.48 bits per heavy atom. The van der Waals surface area contributed by atoms with Gasteiger partial charge in [-0.25, -0.2) is 0 Å². The van der Waals surface area contributed by atoms with Crippen LogP contribution in [0.4, 0.5) is 0 Å². The standard InChI is InChI=1S/C18H20N6O2S/c1-18(2,3)14-9-11(19-20-14)16-23-24-15(21-22-17(24)27-16)10-6-7-12(25-4)13(8-10)26-5/h6-9H,1-5H3,(H,19,20). The molecule has 1 aromatic carbocycles. The van der Waals surface area contributed by atoms with Crippen LogP contribution < -0.4 is 9.47 Å². The number of hydrogen-bond acceptors (Lipinski definition) is 7. The molecule has 3 aromatic heterocycles. The van der Waals surface area contributed by atoms with Crippen LogP contribution in [-0.4, -0.2) is 44.2 Å². The summed E-state index contributed by atoms with van der Waals surface area (Å²) in [4.78, 5) is 0.704. The normalized spacial score (nSPS) is 11.9. The lowest BCUT2D eigenvalue weighted by molar-refractivity contribution is 0.355. The number of aromatic nitrogens is 6.